The summed E-state index contributed by atoms with van der Waals surface area (Å²) in [6, 6.07) is 13.5. The lowest BCUT2D eigenvalue weighted by Crippen LogP contribution is -2.43. The zero-order valence-corrected chi connectivity index (χ0v) is 16.8. The van der Waals surface area contributed by atoms with Crippen molar-refractivity contribution in [3.8, 4) is 17.2 Å². The number of carbonyl (C=O) groups excluding carboxylic acids is 1. The molecule has 0 aliphatic carbocycles. The first-order chi connectivity index (χ1) is 14.7. The van der Waals surface area contributed by atoms with E-state index in [9.17, 15) is 9.18 Å². The van der Waals surface area contributed by atoms with E-state index >= 15 is 0 Å². The number of ether oxygens (including phenoxy) is 4. The first-order valence-corrected chi connectivity index (χ1v) is 10.3. The van der Waals surface area contributed by atoms with Crippen LogP contribution in [0.25, 0.3) is 0 Å². The predicted octanol–water partition coefficient (Wildman–Crippen LogP) is 3.30. The molecular formula is C23H26FNO5. The number of amides is 1. The van der Waals surface area contributed by atoms with Crippen molar-refractivity contribution >= 4 is 5.91 Å². The van der Waals surface area contributed by atoms with E-state index < -0.39 is 0 Å². The van der Waals surface area contributed by atoms with Crippen molar-refractivity contribution in [3.63, 3.8) is 0 Å². The second-order valence-electron chi connectivity index (χ2n) is 7.63. The lowest BCUT2D eigenvalue weighted by Gasteiger charge is -2.33. The number of rotatable bonds is 7. The van der Waals surface area contributed by atoms with E-state index in [0.29, 0.717) is 37.9 Å². The van der Waals surface area contributed by atoms with Crippen LogP contribution < -0.4 is 14.2 Å². The Bertz CT molecular complexity index is 844. The normalized spacial score (nSPS) is 20.6. The molecule has 6 nitrogen and oxygen atoms in total. The van der Waals surface area contributed by atoms with Gasteiger partial charge < -0.3 is 23.8 Å². The number of halogens is 1. The molecule has 4 rings (SSSR count). The van der Waals surface area contributed by atoms with Crippen LogP contribution in [0.3, 0.4) is 0 Å². The van der Waals surface area contributed by atoms with Crippen LogP contribution in [-0.2, 0) is 9.53 Å². The van der Waals surface area contributed by atoms with Gasteiger partial charge in [0.15, 0.2) is 17.6 Å². The van der Waals surface area contributed by atoms with Crippen molar-refractivity contribution < 1.29 is 28.1 Å². The molecule has 0 spiro atoms. The third-order valence-electron chi connectivity index (χ3n) is 5.27. The molecule has 2 heterocycles. The number of likely N-dealkylation sites (tertiary alicyclic amines) is 1. The van der Waals surface area contributed by atoms with Gasteiger partial charge in [-0.2, -0.15) is 0 Å². The maximum absolute atomic E-state index is 13.0. The van der Waals surface area contributed by atoms with E-state index in [1.54, 1.807) is 12.1 Å². The first-order valence-electron chi connectivity index (χ1n) is 10.3. The average Bonchev–Trinajstić information content (AvgIpc) is 2.79. The molecule has 2 atom stereocenters. The molecule has 2 aromatic rings. The fraction of sp³-hybridized carbons (Fsp3) is 0.435. The zero-order valence-electron chi connectivity index (χ0n) is 16.8. The monoisotopic (exact) mass is 415 g/mol. The van der Waals surface area contributed by atoms with E-state index in [4.69, 9.17) is 18.9 Å². The topological polar surface area (TPSA) is 57.2 Å². The molecule has 7 heteroatoms. The van der Waals surface area contributed by atoms with Gasteiger partial charge in [0, 0.05) is 19.0 Å². The van der Waals surface area contributed by atoms with Crippen LogP contribution in [-0.4, -0.2) is 56.4 Å². The number of hydrogen-bond donors (Lipinski definition) is 0. The highest BCUT2D eigenvalue weighted by Crippen LogP contribution is 2.30. The maximum atomic E-state index is 13.0. The highest BCUT2D eigenvalue weighted by molar-refractivity contribution is 5.77. The third kappa shape index (κ3) is 5.42. The smallest absolute Gasteiger partial charge is 0.248 e. The highest BCUT2D eigenvalue weighted by atomic mass is 19.1. The minimum absolute atomic E-state index is 0.0209. The summed E-state index contributed by atoms with van der Waals surface area (Å²) in [4.78, 5) is 14.4. The second kappa shape index (κ2) is 9.80. The molecule has 0 saturated carbocycles. The van der Waals surface area contributed by atoms with Crippen molar-refractivity contribution in [2.24, 2.45) is 5.92 Å². The van der Waals surface area contributed by atoms with Gasteiger partial charge >= 0.3 is 0 Å². The van der Waals surface area contributed by atoms with Crippen LogP contribution in [0, 0.1) is 11.7 Å². The molecule has 2 aliphatic heterocycles. The van der Waals surface area contributed by atoms with Crippen LogP contribution in [0.5, 0.6) is 17.2 Å². The summed E-state index contributed by atoms with van der Waals surface area (Å²) in [5, 5.41) is 0. The number of hydrogen-bond acceptors (Lipinski definition) is 5. The molecule has 30 heavy (non-hydrogen) atoms. The van der Waals surface area contributed by atoms with Crippen LogP contribution in [0.15, 0.2) is 48.5 Å². The summed E-state index contributed by atoms with van der Waals surface area (Å²) in [5.41, 5.74) is 0. The maximum Gasteiger partial charge on any atom is 0.248 e. The summed E-state index contributed by atoms with van der Waals surface area (Å²) in [7, 11) is 0. The van der Waals surface area contributed by atoms with Gasteiger partial charge in [0.25, 0.3) is 0 Å². The lowest BCUT2D eigenvalue weighted by molar-refractivity contribution is -0.139. The number of carbonyl (C=O) groups is 1. The molecule has 0 aromatic heterocycles. The van der Waals surface area contributed by atoms with E-state index in [1.807, 2.05) is 29.2 Å². The summed E-state index contributed by atoms with van der Waals surface area (Å²) in [6.45, 7) is 2.59. The molecular weight excluding hydrogens is 389 g/mol. The van der Waals surface area contributed by atoms with Crippen molar-refractivity contribution in [2.75, 3.05) is 39.5 Å². The van der Waals surface area contributed by atoms with Crippen molar-refractivity contribution in [1.29, 1.82) is 0 Å². The number of para-hydroxylation sites is 2. The van der Waals surface area contributed by atoms with Crippen LogP contribution >= 0.6 is 0 Å². The van der Waals surface area contributed by atoms with Gasteiger partial charge in [-0.25, -0.2) is 4.39 Å². The van der Waals surface area contributed by atoms with E-state index in [1.165, 1.54) is 12.1 Å². The average molecular weight is 415 g/mol. The molecule has 0 unspecified atom stereocenters. The Labute approximate surface area is 175 Å². The predicted molar refractivity (Wildman–Crippen MR) is 108 cm³/mol. The zero-order chi connectivity index (χ0) is 20.8. The number of benzene rings is 2. The second-order valence-corrected chi connectivity index (χ2v) is 7.63. The van der Waals surface area contributed by atoms with Gasteiger partial charge in [-0.3, -0.25) is 4.79 Å². The van der Waals surface area contributed by atoms with E-state index in [2.05, 4.69) is 0 Å². The summed E-state index contributed by atoms with van der Waals surface area (Å²) in [6.07, 6.45) is 1.70. The number of piperidine rings is 1. The minimum atomic E-state index is -0.286. The van der Waals surface area contributed by atoms with Crippen molar-refractivity contribution in [2.45, 2.75) is 18.9 Å². The largest absolute Gasteiger partial charge is 0.493 e. The fourth-order valence-corrected chi connectivity index (χ4v) is 3.69. The molecule has 1 amide bonds. The molecule has 2 aromatic carbocycles. The quantitative estimate of drug-likeness (QED) is 0.695. The Morgan fingerprint density at radius 3 is 2.73 bits per heavy atom. The third-order valence-corrected chi connectivity index (χ3v) is 5.27. The Kier molecular flexibility index (Phi) is 6.69. The molecule has 2 aliphatic rings. The van der Waals surface area contributed by atoms with Gasteiger partial charge in [0.1, 0.15) is 24.8 Å². The summed E-state index contributed by atoms with van der Waals surface area (Å²) < 4.78 is 35.9. The summed E-state index contributed by atoms with van der Waals surface area (Å²) in [5.74, 6) is 2.00. The molecule has 0 N–H and O–H groups in total. The van der Waals surface area contributed by atoms with Gasteiger partial charge in [-0.15, -0.1) is 0 Å². The van der Waals surface area contributed by atoms with E-state index in [0.717, 1.165) is 25.1 Å². The van der Waals surface area contributed by atoms with Crippen LogP contribution in [0.2, 0.25) is 0 Å². The highest BCUT2D eigenvalue weighted by Gasteiger charge is 2.25. The molecule has 0 bridgehead atoms. The summed E-state index contributed by atoms with van der Waals surface area (Å²) >= 11 is 0. The van der Waals surface area contributed by atoms with Crippen molar-refractivity contribution in [3.05, 3.63) is 54.3 Å². The Morgan fingerprint density at radius 2 is 1.90 bits per heavy atom. The number of nitrogens with zero attached hydrogens (tertiary/aromatic N) is 1. The Hall–Kier alpha value is -2.80. The number of fused-ring (bicyclic) bond motifs is 1. The SMILES string of the molecule is O=C(COC[C@@H]1COc2ccccc2O1)N1CCC[C@@H](COc2ccc(F)cc2)C1. The lowest BCUT2D eigenvalue weighted by atomic mass is 9.99. The van der Waals surface area contributed by atoms with E-state index in [-0.39, 0.29) is 30.4 Å². The fourth-order valence-electron chi connectivity index (χ4n) is 3.69. The van der Waals surface area contributed by atoms with Crippen LogP contribution in [0.1, 0.15) is 12.8 Å². The van der Waals surface area contributed by atoms with Gasteiger partial charge in [0.2, 0.25) is 5.91 Å². The molecule has 0 radical (unpaired) electrons. The van der Waals surface area contributed by atoms with Crippen LogP contribution in [0.4, 0.5) is 4.39 Å². The van der Waals surface area contributed by atoms with Gasteiger partial charge in [0.05, 0.1) is 13.2 Å². The van der Waals surface area contributed by atoms with Crippen molar-refractivity contribution in [1.82, 2.24) is 4.90 Å². The molecule has 1 fully saturated rings. The minimum Gasteiger partial charge on any atom is -0.493 e. The standard InChI is InChI=1S/C23H26FNO5/c24-18-7-9-19(10-8-18)28-13-17-4-3-11-25(12-17)23(26)16-27-14-20-15-29-21-5-1-2-6-22(21)30-20/h1-2,5-10,17,20H,3-4,11-16H2/t17-,20-/m1/s1. The van der Waals surface area contributed by atoms with Gasteiger partial charge in [-0.05, 0) is 49.2 Å². The molecule has 160 valence electrons. The Balaban J connectivity index is 1.18. The Morgan fingerprint density at radius 1 is 1.10 bits per heavy atom. The molecule has 1 saturated heterocycles. The van der Waals surface area contributed by atoms with Gasteiger partial charge in [-0.1, -0.05) is 12.1 Å². The first kappa shape index (κ1) is 20.5.